The monoisotopic (exact) mass is 409 g/mol. The Morgan fingerprint density at radius 1 is 1.30 bits per heavy atom. The second-order valence-corrected chi connectivity index (χ2v) is 7.51. The molecule has 2 atom stereocenters. The molecule has 1 amide bonds. The summed E-state index contributed by atoms with van der Waals surface area (Å²) in [5, 5.41) is 7.17. The number of carbonyl (C=O) groups excluding carboxylic acids is 1. The highest BCUT2D eigenvalue weighted by molar-refractivity contribution is 5.99. The quantitative estimate of drug-likeness (QED) is 0.652. The molecule has 8 heteroatoms. The van der Waals surface area contributed by atoms with Crippen LogP contribution >= 0.6 is 0 Å². The van der Waals surface area contributed by atoms with Crippen molar-refractivity contribution in [1.29, 1.82) is 0 Å². The molecule has 0 spiro atoms. The Morgan fingerprint density at radius 2 is 2.13 bits per heavy atom. The van der Waals surface area contributed by atoms with Crippen molar-refractivity contribution in [3.63, 3.8) is 0 Å². The van der Waals surface area contributed by atoms with E-state index in [1.807, 2.05) is 13.2 Å². The number of pyridine rings is 1. The molecule has 30 heavy (non-hydrogen) atoms. The van der Waals surface area contributed by atoms with Crippen LogP contribution in [-0.2, 0) is 18.4 Å². The number of nitrogens with zero attached hydrogens (tertiary/aromatic N) is 3. The van der Waals surface area contributed by atoms with Crippen LogP contribution in [-0.4, -0.2) is 32.8 Å². The fourth-order valence-electron chi connectivity index (χ4n) is 3.73. The zero-order valence-corrected chi connectivity index (χ0v) is 16.7. The summed E-state index contributed by atoms with van der Waals surface area (Å²) in [4.78, 5) is 17.1. The molecule has 2 heterocycles. The number of ether oxygens (including phenoxy) is 1. The van der Waals surface area contributed by atoms with E-state index in [0.29, 0.717) is 11.1 Å². The van der Waals surface area contributed by atoms with Crippen LogP contribution in [0.15, 0.2) is 48.9 Å². The molecule has 0 radical (unpaired) electrons. The number of hydrogen-bond acceptors (Lipinski definition) is 5. The maximum atomic E-state index is 13.8. The van der Waals surface area contributed by atoms with Gasteiger partial charge in [0.2, 0.25) is 0 Å². The zero-order valence-electron chi connectivity index (χ0n) is 16.7. The van der Waals surface area contributed by atoms with Crippen molar-refractivity contribution in [1.82, 2.24) is 20.1 Å². The first kappa shape index (κ1) is 20.0. The van der Waals surface area contributed by atoms with E-state index in [2.05, 4.69) is 15.4 Å². The lowest BCUT2D eigenvalue weighted by molar-refractivity contribution is 0.0259. The van der Waals surface area contributed by atoms with Crippen LogP contribution in [0.25, 0.3) is 11.1 Å². The summed E-state index contributed by atoms with van der Waals surface area (Å²) in [5.74, 6) is -0.416. The number of aryl methyl sites for hydroxylation is 1. The number of rotatable bonds is 6. The van der Waals surface area contributed by atoms with E-state index >= 15 is 0 Å². The molecule has 2 unspecified atom stereocenters. The summed E-state index contributed by atoms with van der Waals surface area (Å²) in [6.07, 6.45) is 7.53. The predicted octanol–water partition coefficient (Wildman–Crippen LogP) is 3.07. The second kappa shape index (κ2) is 8.62. The Bertz CT molecular complexity index is 1050. The Hall–Kier alpha value is -3.26. The molecule has 2 aromatic heterocycles. The van der Waals surface area contributed by atoms with Gasteiger partial charge in [-0.3, -0.25) is 9.48 Å². The highest BCUT2D eigenvalue weighted by Gasteiger charge is 2.30. The average Bonchev–Trinajstić information content (AvgIpc) is 3.36. The molecule has 1 fully saturated rings. The molecule has 0 saturated heterocycles. The third kappa shape index (κ3) is 4.33. The van der Waals surface area contributed by atoms with Gasteiger partial charge in [0.05, 0.1) is 30.5 Å². The van der Waals surface area contributed by atoms with Gasteiger partial charge in [-0.25, -0.2) is 9.37 Å². The molecule has 4 rings (SSSR count). The summed E-state index contributed by atoms with van der Waals surface area (Å²) in [5.41, 5.74) is 8.41. The molecule has 156 valence electrons. The van der Waals surface area contributed by atoms with E-state index in [4.69, 9.17) is 10.5 Å². The lowest BCUT2D eigenvalue weighted by Gasteiger charge is -2.22. The van der Waals surface area contributed by atoms with Gasteiger partial charge in [0.15, 0.2) is 0 Å². The number of aromatic nitrogens is 3. The van der Waals surface area contributed by atoms with Gasteiger partial charge >= 0.3 is 0 Å². The number of anilines is 1. The molecule has 1 aromatic carbocycles. The molecule has 1 aliphatic carbocycles. The largest absolute Gasteiger partial charge is 0.383 e. The SMILES string of the molecule is Cn1cc(-c2cnc(N)c(C(=O)NC3CCCC3OCc3ccccc3F)c2)cn1. The number of carbonyl (C=O) groups is 1. The first-order valence-corrected chi connectivity index (χ1v) is 9.91. The van der Waals surface area contributed by atoms with Gasteiger partial charge in [-0.15, -0.1) is 0 Å². The van der Waals surface area contributed by atoms with Crippen LogP contribution in [0.5, 0.6) is 0 Å². The van der Waals surface area contributed by atoms with E-state index in [9.17, 15) is 9.18 Å². The Kier molecular flexibility index (Phi) is 5.76. The van der Waals surface area contributed by atoms with Gasteiger partial charge in [-0.05, 0) is 31.4 Å². The van der Waals surface area contributed by atoms with Crippen molar-refractivity contribution in [3.05, 3.63) is 65.9 Å². The molecular weight excluding hydrogens is 385 g/mol. The lowest BCUT2D eigenvalue weighted by atomic mass is 10.1. The maximum Gasteiger partial charge on any atom is 0.255 e. The first-order chi connectivity index (χ1) is 14.5. The highest BCUT2D eigenvalue weighted by Crippen LogP contribution is 2.26. The maximum absolute atomic E-state index is 13.8. The van der Waals surface area contributed by atoms with Gasteiger partial charge in [-0.1, -0.05) is 18.2 Å². The second-order valence-electron chi connectivity index (χ2n) is 7.51. The third-order valence-electron chi connectivity index (χ3n) is 5.38. The molecule has 1 saturated carbocycles. The van der Waals surface area contributed by atoms with Crippen LogP contribution in [0, 0.1) is 5.82 Å². The summed E-state index contributed by atoms with van der Waals surface area (Å²) in [6, 6.07) is 8.10. The number of amides is 1. The Balaban J connectivity index is 1.44. The van der Waals surface area contributed by atoms with Crippen LogP contribution < -0.4 is 11.1 Å². The number of hydrogen-bond donors (Lipinski definition) is 2. The van der Waals surface area contributed by atoms with Crippen LogP contribution in [0.4, 0.5) is 10.2 Å². The Morgan fingerprint density at radius 3 is 2.90 bits per heavy atom. The van der Waals surface area contributed by atoms with Gasteiger partial charge < -0.3 is 15.8 Å². The van der Waals surface area contributed by atoms with Crippen molar-refractivity contribution in [2.45, 2.75) is 38.0 Å². The number of nitrogen functional groups attached to an aromatic ring is 1. The molecule has 7 nitrogen and oxygen atoms in total. The van der Waals surface area contributed by atoms with Gasteiger partial charge in [0, 0.05) is 36.1 Å². The molecular formula is C22H24FN5O2. The highest BCUT2D eigenvalue weighted by atomic mass is 19.1. The minimum absolute atomic E-state index is 0.161. The summed E-state index contributed by atoms with van der Waals surface area (Å²) in [7, 11) is 1.82. The first-order valence-electron chi connectivity index (χ1n) is 9.91. The molecule has 0 aliphatic heterocycles. The van der Waals surface area contributed by atoms with Crippen LogP contribution in [0.1, 0.15) is 35.2 Å². The minimum Gasteiger partial charge on any atom is -0.383 e. The van der Waals surface area contributed by atoms with Gasteiger partial charge in [-0.2, -0.15) is 5.10 Å². The number of nitrogens with two attached hydrogens (primary N) is 1. The molecule has 1 aliphatic rings. The zero-order chi connectivity index (χ0) is 21.1. The summed E-state index contributed by atoms with van der Waals surface area (Å²) in [6.45, 7) is 0.171. The van der Waals surface area contributed by atoms with E-state index in [1.165, 1.54) is 6.07 Å². The molecule has 3 aromatic rings. The number of halogens is 1. The topological polar surface area (TPSA) is 95.1 Å². The average molecular weight is 409 g/mol. The summed E-state index contributed by atoms with van der Waals surface area (Å²) >= 11 is 0. The number of nitrogens with one attached hydrogen (secondary N) is 1. The van der Waals surface area contributed by atoms with Crippen molar-refractivity contribution >= 4 is 11.7 Å². The Labute approximate surface area is 174 Å². The molecule has 3 N–H and O–H groups in total. The van der Waals surface area contributed by atoms with E-state index in [1.54, 1.807) is 41.3 Å². The fraction of sp³-hybridized carbons (Fsp3) is 0.318. The fourth-order valence-corrected chi connectivity index (χ4v) is 3.73. The van der Waals surface area contributed by atoms with Crippen LogP contribution in [0.3, 0.4) is 0 Å². The minimum atomic E-state index is -0.294. The molecule has 0 bridgehead atoms. The van der Waals surface area contributed by atoms with Gasteiger partial charge in [0.1, 0.15) is 11.6 Å². The van der Waals surface area contributed by atoms with Crippen molar-refractivity contribution in [2.75, 3.05) is 5.73 Å². The lowest BCUT2D eigenvalue weighted by Crippen LogP contribution is -2.41. The number of benzene rings is 1. The predicted molar refractivity (Wildman–Crippen MR) is 111 cm³/mol. The van der Waals surface area contributed by atoms with Crippen LogP contribution in [0.2, 0.25) is 0 Å². The van der Waals surface area contributed by atoms with Crippen molar-refractivity contribution in [3.8, 4) is 11.1 Å². The normalized spacial score (nSPS) is 18.5. The van der Waals surface area contributed by atoms with E-state index in [0.717, 1.165) is 30.4 Å². The summed E-state index contributed by atoms with van der Waals surface area (Å²) < 4.78 is 21.5. The third-order valence-corrected chi connectivity index (χ3v) is 5.38. The van der Waals surface area contributed by atoms with E-state index < -0.39 is 0 Å². The van der Waals surface area contributed by atoms with E-state index in [-0.39, 0.29) is 36.3 Å². The van der Waals surface area contributed by atoms with Gasteiger partial charge in [0.25, 0.3) is 5.91 Å². The van der Waals surface area contributed by atoms with Crippen molar-refractivity contribution in [2.24, 2.45) is 7.05 Å². The smallest absolute Gasteiger partial charge is 0.255 e. The standard InChI is InChI=1S/C22H24FN5O2/c1-28-12-16(11-26-28)15-9-17(21(24)25-10-15)22(29)27-19-7-4-8-20(19)30-13-14-5-2-3-6-18(14)23/h2-3,5-6,9-12,19-20H,4,7-8,13H2,1H3,(H2,24,25)(H,27,29). The van der Waals surface area contributed by atoms with Crippen molar-refractivity contribution < 1.29 is 13.9 Å².